The highest BCUT2D eigenvalue weighted by Crippen LogP contribution is 2.56. The van der Waals surface area contributed by atoms with E-state index in [9.17, 15) is 0 Å². The molecule has 0 amide bonds. The highest BCUT2D eigenvalue weighted by molar-refractivity contribution is 6.40. The van der Waals surface area contributed by atoms with E-state index in [4.69, 9.17) is 26.2 Å². The van der Waals surface area contributed by atoms with Crippen LogP contribution in [0.4, 0.5) is 0 Å². The molecule has 0 aliphatic heterocycles. The third kappa shape index (κ3) is 1.65. The summed E-state index contributed by atoms with van der Waals surface area (Å²) in [5, 5.41) is 2.61. The first-order valence-corrected chi connectivity index (χ1v) is 7.69. The van der Waals surface area contributed by atoms with Gasteiger partial charge in [0.15, 0.2) is 5.58 Å². The van der Waals surface area contributed by atoms with E-state index >= 15 is 0 Å². The predicted octanol–water partition coefficient (Wildman–Crippen LogP) is 4.83. The Morgan fingerprint density at radius 3 is 2.24 bits per heavy atom. The number of nitrogens with two attached hydrogens (primary N) is 1. The molecule has 1 fully saturated rings. The molecule has 2 heterocycles. The second-order valence-electron chi connectivity index (χ2n) is 6.33. The molecular formula is C17H18ClNO2. The maximum absolute atomic E-state index is 6.54. The van der Waals surface area contributed by atoms with Gasteiger partial charge < -0.3 is 14.6 Å². The standard InChI is InChI=1S/C17H18ClNO2/c1-8-6-11-13(17(4-5-17)10(3)19)15-12(7-9(2)20-15)14(18)16(11)21-8/h6-7,10H,4-5,19H2,1-3H3. The smallest absolute Gasteiger partial charge is 0.154 e. The number of fused-ring (bicyclic) bond motifs is 2. The number of rotatable bonds is 2. The van der Waals surface area contributed by atoms with Crippen molar-refractivity contribution in [1.82, 2.24) is 0 Å². The van der Waals surface area contributed by atoms with Crippen LogP contribution in [0.5, 0.6) is 0 Å². The SMILES string of the molecule is Cc1cc2c(C3(C(C)N)CC3)c3oc(C)cc3c(Cl)c2o1. The number of hydrogen-bond acceptors (Lipinski definition) is 3. The highest BCUT2D eigenvalue weighted by Gasteiger charge is 2.50. The van der Waals surface area contributed by atoms with Crippen molar-refractivity contribution in [2.24, 2.45) is 5.73 Å². The van der Waals surface area contributed by atoms with Crippen LogP contribution in [0.2, 0.25) is 5.02 Å². The van der Waals surface area contributed by atoms with Crippen LogP contribution in [0.15, 0.2) is 21.0 Å². The van der Waals surface area contributed by atoms with Gasteiger partial charge >= 0.3 is 0 Å². The molecule has 1 atom stereocenters. The Morgan fingerprint density at radius 2 is 1.67 bits per heavy atom. The third-order valence-corrected chi connectivity index (χ3v) is 5.18. The van der Waals surface area contributed by atoms with Crippen molar-refractivity contribution in [3.05, 3.63) is 34.2 Å². The first-order valence-electron chi connectivity index (χ1n) is 7.32. The number of aryl methyl sites for hydroxylation is 2. The van der Waals surface area contributed by atoms with Gasteiger partial charge in [0.1, 0.15) is 17.1 Å². The Bertz CT molecular complexity index is 810. The van der Waals surface area contributed by atoms with E-state index in [1.54, 1.807) is 0 Å². The van der Waals surface area contributed by atoms with Crippen LogP contribution in [-0.4, -0.2) is 6.04 Å². The minimum Gasteiger partial charge on any atom is -0.461 e. The lowest BCUT2D eigenvalue weighted by molar-refractivity contribution is 0.533. The monoisotopic (exact) mass is 303 g/mol. The summed E-state index contributed by atoms with van der Waals surface area (Å²) in [6.45, 7) is 5.96. The Kier molecular flexibility index (Phi) is 2.55. The number of hydrogen-bond donors (Lipinski definition) is 1. The van der Waals surface area contributed by atoms with E-state index in [1.807, 2.05) is 19.9 Å². The largest absolute Gasteiger partial charge is 0.461 e. The maximum Gasteiger partial charge on any atom is 0.154 e. The average Bonchev–Trinajstić information content (AvgIpc) is 2.98. The lowest BCUT2D eigenvalue weighted by atomic mass is 9.86. The molecule has 1 aromatic carbocycles. The van der Waals surface area contributed by atoms with Crippen LogP contribution in [-0.2, 0) is 5.41 Å². The van der Waals surface area contributed by atoms with Crippen LogP contribution in [0.1, 0.15) is 36.8 Å². The lowest BCUT2D eigenvalue weighted by Gasteiger charge is -2.21. The molecule has 4 rings (SSSR count). The Hall–Kier alpha value is -1.45. The van der Waals surface area contributed by atoms with Crippen LogP contribution < -0.4 is 5.73 Å². The zero-order chi connectivity index (χ0) is 14.9. The first kappa shape index (κ1) is 13.2. The van der Waals surface area contributed by atoms with Crippen molar-refractivity contribution in [1.29, 1.82) is 0 Å². The minimum absolute atomic E-state index is 0.0122. The van der Waals surface area contributed by atoms with Gasteiger partial charge in [-0.3, -0.25) is 0 Å². The van der Waals surface area contributed by atoms with Crippen molar-refractivity contribution in [2.75, 3.05) is 0 Å². The summed E-state index contributed by atoms with van der Waals surface area (Å²) in [7, 11) is 0. The van der Waals surface area contributed by atoms with Crippen LogP contribution in [0.25, 0.3) is 21.9 Å². The van der Waals surface area contributed by atoms with Crippen molar-refractivity contribution >= 4 is 33.5 Å². The van der Waals surface area contributed by atoms with E-state index in [-0.39, 0.29) is 11.5 Å². The molecular weight excluding hydrogens is 286 g/mol. The molecule has 0 bridgehead atoms. The predicted molar refractivity (Wildman–Crippen MR) is 85.0 cm³/mol. The summed E-state index contributed by atoms with van der Waals surface area (Å²) in [6, 6.07) is 4.11. The molecule has 1 aliphatic carbocycles. The number of furan rings is 2. The van der Waals surface area contributed by atoms with E-state index < -0.39 is 0 Å². The molecule has 0 spiro atoms. The molecule has 1 aliphatic rings. The average molecular weight is 304 g/mol. The molecule has 3 nitrogen and oxygen atoms in total. The van der Waals surface area contributed by atoms with Gasteiger partial charge in [0, 0.05) is 27.8 Å². The zero-order valence-corrected chi connectivity index (χ0v) is 13.2. The molecule has 4 heteroatoms. The van der Waals surface area contributed by atoms with Gasteiger partial charge in [-0.15, -0.1) is 0 Å². The number of halogens is 1. The van der Waals surface area contributed by atoms with Crippen molar-refractivity contribution in [3.63, 3.8) is 0 Å². The zero-order valence-electron chi connectivity index (χ0n) is 12.4. The van der Waals surface area contributed by atoms with Gasteiger partial charge in [0.2, 0.25) is 0 Å². The summed E-state index contributed by atoms with van der Waals surface area (Å²) in [5.41, 5.74) is 9.09. The summed E-state index contributed by atoms with van der Waals surface area (Å²) < 4.78 is 11.8. The van der Waals surface area contributed by atoms with E-state index in [0.29, 0.717) is 5.02 Å². The van der Waals surface area contributed by atoms with Crippen LogP contribution in [0.3, 0.4) is 0 Å². The van der Waals surface area contributed by atoms with Gasteiger partial charge in [0.25, 0.3) is 0 Å². The molecule has 2 aromatic heterocycles. The fraction of sp³-hybridized carbons (Fsp3) is 0.412. The lowest BCUT2D eigenvalue weighted by Crippen LogP contribution is -2.31. The molecule has 21 heavy (non-hydrogen) atoms. The van der Waals surface area contributed by atoms with Gasteiger partial charge in [-0.05, 0) is 45.7 Å². The van der Waals surface area contributed by atoms with Crippen molar-refractivity contribution < 1.29 is 8.83 Å². The first-order chi connectivity index (χ1) is 9.94. The van der Waals surface area contributed by atoms with E-state index in [0.717, 1.165) is 46.3 Å². The molecule has 3 aromatic rings. The fourth-order valence-electron chi connectivity index (χ4n) is 3.53. The third-order valence-electron chi connectivity index (χ3n) is 4.80. The Balaban J connectivity index is 2.21. The summed E-state index contributed by atoms with van der Waals surface area (Å²) in [4.78, 5) is 0. The highest BCUT2D eigenvalue weighted by atomic mass is 35.5. The summed E-state index contributed by atoms with van der Waals surface area (Å²) in [6.07, 6.45) is 2.17. The molecule has 110 valence electrons. The van der Waals surface area contributed by atoms with Crippen LogP contribution >= 0.6 is 11.6 Å². The van der Waals surface area contributed by atoms with Gasteiger partial charge in [-0.1, -0.05) is 11.6 Å². The Labute approximate surface area is 128 Å². The molecule has 2 N–H and O–H groups in total. The van der Waals surface area contributed by atoms with E-state index in [2.05, 4.69) is 13.0 Å². The van der Waals surface area contributed by atoms with Crippen molar-refractivity contribution in [3.8, 4) is 0 Å². The molecule has 0 radical (unpaired) electrons. The van der Waals surface area contributed by atoms with Gasteiger partial charge in [-0.25, -0.2) is 0 Å². The molecule has 1 saturated carbocycles. The minimum atomic E-state index is -0.0122. The second kappa shape index (κ2) is 4.05. The Morgan fingerprint density at radius 1 is 1.10 bits per heavy atom. The van der Waals surface area contributed by atoms with Crippen LogP contribution in [0, 0.1) is 13.8 Å². The van der Waals surface area contributed by atoms with Crippen molar-refractivity contribution in [2.45, 2.75) is 45.1 Å². The maximum atomic E-state index is 6.54. The van der Waals surface area contributed by atoms with Gasteiger partial charge in [0.05, 0.1) is 5.02 Å². The normalized spacial score (nSPS) is 18.5. The second-order valence-corrected chi connectivity index (χ2v) is 6.71. The molecule has 0 saturated heterocycles. The summed E-state index contributed by atoms with van der Waals surface area (Å²) >= 11 is 6.54. The topological polar surface area (TPSA) is 52.3 Å². The van der Waals surface area contributed by atoms with Gasteiger partial charge in [-0.2, -0.15) is 0 Å². The molecule has 1 unspecified atom stereocenters. The fourth-order valence-corrected chi connectivity index (χ4v) is 3.81. The number of benzene rings is 1. The summed E-state index contributed by atoms with van der Waals surface area (Å²) in [5.74, 6) is 1.72. The quantitative estimate of drug-likeness (QED) is 0.738. The van der Waals surface area contributed by atoms with E-state index in [1.165, 1.54) is 5.56 Å².